The number of amides is 3. The molecule has 0 bridgehead atoms. The average Bonchev–Trinajstić information content (AvgIpc) is 2.94. The number of carbonyl (C=O) groups is 3. The van der Waals surface area contributed by atoms with Gasteiger partial charge in [0.05, 0.1) is 6.07 Å². The van der Waals surface area contributed by atoms with E-state index < -0.39 is 42.1 Å². The summed E-state index contributed by atoms with van der Waals surface area (Å²) >= 11 is 1.50. The van der Waals surface area contributed by atoms with Gasteiger partial charge in [0.25, 0.3) is 5.91 Å². The summed E-state index contributed by atoms with van der Waals surface area (Å²) in [5.41, 5.74) is 0.829. The molecular weight excluding hydrogens is 536 g/mol. The number of ether oxygens (including phenoxy) is 1. The summed E-state index contributed by atoms with van der Waals surface area (Å²) in [5.74, 6) is 2.00. The average molecular weight is 571 g/mol. The summed E-state index contributed by atoms with van der Waals surface area (Å²) in [6.07, 6.45) is 6.92. The highest BCUT2D eigenvalue weighted by molar-refractivity contribution is 7.98. The second-order valence-corrected chi connectivity index (χ2v) is 11.3. The van der Waals surface area contributed by atoms with E-state index in [4.69, 9.17) is 11.2 Å². The van der Waals surface area contributed by atoms with Gasteiger partial charge in [-0.2, -0.15) is 17.0 Å². The molecule has 2 N–H and O–H groups in total. The minimum atomic E-state index is -1.18. The molecule has 0 heterocycles. The number of rotatable bonds is 10. The number of nitriles is 1. The Morgan fingerprint density at radius 3 is 2.34 bits per heavy atom. The second kappa shape index (κ2) is 14.2. The van der Waals surface area contributed by atoms with Crippen molar-refractivity contribution < 1.29 is 19.1 Å². The summed E-state index contributed by atoms with van der Waals surface area (Å²) in [6, 6.07) is 19.7. The van der Waals surface area contributed by atoms with E-state index >= 15 is 0 Å². The maximum atomic E-state index is 14.0. The summed E-state index contributed by atoms with van der Waals surface area (Å²) in [5, 5.41) is 17.2. The molecule has 0 aliphatic heterocycles. The molecule has 0 aromatic heterocycles. The number of anilines is 1. The van der Waals surface area contributed by atoms with Crippen molar-refractivity contribution >= 4 is 46.1 Å². The molecule has 212 valence electrons. The van der Waals surface area contributed by atoms with Gasteiger partial charge >= 0.3 is 6.09 Å². The smallest absolute Gasteiger partial charge is 0.408 e. The quantitative estimate of drug-likeness (QED) is 0.246. The third-order valence-corrected chi connectivity index (χ3v) is 6.74. The lowest BCUT2D eigenvalue weighted by atomic mass is 10.0. The van der Waals surface area contributed by atoms with Crippen molar-refractivity contribution in [1.82, 2.24) is 10.2 Å². The van der Waals surface area contributed by atoms with Crippen LogP contribution in [-0.4, -0.2) is 53.0 Å². The largest absolute Gasteiger partial charge is 0.444 e. The molecule has 0 aliphatic carbocycles. The van der Waals surface area contributed by atoms with Gasteiger partial charge in [-0.25, -0.2) is 4.79 Å². The molecule has 9 heteroatoms. The van der Waals surface area contributed by atoms with Crippen LogP contribution in [0.2, 0.25) is 0 Å². The normalized spacial score (nSPS) is 12.3. The van der Waals surface area contributed by atoms with Crippen LogP contribution in [0.5, 0.6) is 0 Å². The number of hydrogen-bond acceptors (Lipinski definition) is 6. The number of nitrogens with one attached hydrogen (secondary N) is 2. The predicted molar refractivity (Wildman–Crippen MR) is 163 cm³/mol. The third-order valence-electron chi connectivity index (χ3n) is 6.09. The van der Waals surface area contributed by atoms with Gasteiger partial charge in [0.2, 0.25) is 5.91 Å². The van der Waals surface area contributed by atoms with Crippen molar-refractivity contribution in [3.63, 3.8) is 0 Å². The van der Waals surface area contributed by atoms with Crippen molar-refractivity contribution in [3.05, 3.63) is 77.9 Å². The molecule has 0 radical (unpaired) electrons. The summed E-state index contributed by atoms with van der Waals surface area (Å²) in [4.78, 5) is 41.7. The minimum Gasteiger partial charge on any atom is -0.444 e. The maximum absolute atomic E-state index is 14.0. The van der Waals surface area contributed by atoms with E-state index in [0.717, 1.165) is 10.8 Å². The van der Waals surface area contributed by atoms with Crippen LogP contribution in [0.15, 0.2) is 66.7 Å². The van der Waals surface area contributed by atoms with Crippen LogP contribution in [0.4, 0.5) is 10.5 Å². The minimum absolute atomic E-state index is 0.274. The van der Waals surface area contributed by atoms with E-state index in [1.165, 1.54) is 16.7 Å². The van der Waals surface area contributed by atoms with Crippen molar-refractivity contribution in [2.75, 3.05) is 23.9 Å². The number of carbonyl (C=O) groups excluding carboxylic acids is 3. The molecule has 3 aromatic carbocycles. The van der Waals surface area contributed by atoms with E-state index in [1.807, 2.05) is 48.7 Å². The highest BCUT2D eigenvalue weighted by Gasteiger charge is 2.36. The number of fused-ring (bicyclic) bond motifs is 1. The molecule has 2 atom stereocenters. The van der Waals surface area contributed by atoms with E-state index in [2.05, 4.69) is 16.6 Å². The first-order valence-electron chi connectivity index (χ1n) is 13.1. The van der Waals surface area contributed by atoms with Crippen LogP contribution >= 0.6 is 11.8 Å². The third kappa shape index (κ3) is 8.76. The Kier molecular flexibility index (Phi) is 10.8. The molecule has 0 fully saturated rings. The van der Waals surface area contributed by atoms with E-state index in [1.54, 1.807) is 51.1 Å². The topological polar surface area (TPSA) is 112 Å². The molecule has 8 nitrogen and oxygen atoms in total. The van der Waals surface area contributed by atoms with Crippen molar-refractivity contribution in [2.45, 2.75) is 44.9 Å². The van der Waals surface area contributed by atoms with Crippen LogP contribution in [0.25, 0.3) is 10.8 Å². The number of hydrogen-bond donors (Lipinski definition) is 2. The fraction of sp³-hybridized carbons (Fsp3) is 0.312. The second-order valence-electron chi connectivity index (χ2n) is 10.3. The van der Waals surface area contributed by atoms with Crippen molar-refractivity contribution in [1.29, 1.82) is 5.26 Å². The summed E-state index contributed by atoms with van der Waals surface area (Å²) < 4.78 is 5.38. The first-order chi connectivity index (χ1) is 19.6. The SMILES string of the molecule is C#Cc1ccc(C(C(=O)Nc2ccc3ccccc3c2)N(CC#N)C(=O)C(CCSC)NC(=O)OC(C)(C)C)cc1. The van der Waals surface area contributed by atoms with E-state index in [-0.39, 0.29) is 6.42 Å². The van der Waals surface area contributed by atoms with Gasteiger partial charge in [0.15, 0.2) is 0 Å². The lowest BCUT2D eigenvalue weighted by molar-refractivity contribution is -0.140. The number of nitrogens with zero attached hydrogens (tertiary/aromatic N) is 2. The van der Waals surface area contributed by atoms with Gasteiger partial charge in [0.1, 0.15) is 24.2 Å². The summed E-state index contributed by atoms with van der Waals surface area (Å²) in [7, 11) is 0. The molecule has 0 saturated carbocycles. The highest BCUT2D eigenvalue weighted by atomic mass is 32.2. The van der Waals surface area contributed by atoms with Gasteiger partial charge in [-0.15, -0.1) is 6.42 Å². The van der Waals surface area contributed by atoms with Gasteiger partial charge in [0, 0.05) is 11.3 Å². The number of thioether (sulfide) groups is 1. The van der Waals surface area contributed by atoms with Gasteiger partial charge in [-0.05, 0) is 79.8 Å². The molecule has 2 unspecified atom stereocenters. The van der Waals surface area contributed by atoms with Crippen LogP contribution in [0.1, 0.15) is 44.4 Å². The van der Waals surface area contributed by atoms with E-state index in [9.17, 15) is 19.6 Å². The number of benzene rings is 3. The zero-order valence-corrected chi connectivity index (χ0v) is 24.5. The van der Waals surface area contributed by atoms with Crippen molar-refractivity contribution in [2.24, 2.45) is 0 Å². The van der Waals surface area contributed by atoms with Gasteiger partial charge in [-0.3, -0.25) is 9.59 Å². The van der Waals surface area contributed by atoms with Crippen LogP contribution in [-0.2, 0) is 14.3 Å². The van der Waals surface area contributed by atoms with Crippen LogP contribution < -0.4 is 10.6 Å². The number of terminal acetylenes is 1. The Morgan fingerprint density at radius 1 is 1.05 bits per heavy atom. The highest BCUT2D eigenvalue weighted by Crippen LogP contribution is 2.26. The monoisotopic (exact) mass is 570 g/mol. The Bertz CT molecular complexity index is 1470. The Balaban J connectivity index is 2.01. The summed E-state index contributed by atoms with van der Waals surface area (Å²) in [6.45, 7) is 4.78. The van der Waals surface area contributed by atoms with Crippen LogP contribution in [0, 0.1) is 23.7 Å². The Labute approximate surface area is 245 Å². The molecule has 0 saturated heterocycles. The molecule has 3 amide bonds. The fourth-order valence-electron chi connectivity index (χ4n) is 4.23. The van der Waals surface area contributed by atoms with Crippen molar-refractivity contribution in [3.8, 4) is 18.4 Å². The molecule has 3 rings (SSSR count). The molecule has 0 spiro atoms. The molecule has 3 aromatic rings. The first kappa shape index (κ1) is 31.1. The molecule has 0 aliphatic rings. The van der Waals surface area contributed by atoms with Crippen LogP contribution in [0.3, 0.4) is 0 Å². The van der Waals surface area contributed by atoms with Gasteiger partial charge in [-0.1, -0.05) is 48.4 Å². The fourth-order valence-corrected chi connectivity index (χ4v) is 4.70. The Hall–Kier alpha value is -4.47. The standard InChI is InChI=1S/C32H34N4O4S/c1-6-22-11-13-24(14-12-22)28(29(37)34-26-16-15-23-9-7-8-10-25(23)21-26)36(19-18-33)30(38)27(17-20-41-5)35-31(39)40-32(2,3)4/h1,7-16,21,27-28H,17,19-20H2,2-5H3,(H,34,37)(H,35,39). The zero-order chi connectivity index (χ0) is 30.0. The molecule has 41 heavy (non-hydrogen) atoms. The van der Waals surface area contributed by atoms with E-state index in [0.29, 0.717) is 22.6 Å². The zero-order valence-electron chi connectivity index (χ0n) is 23.6. The predicted octanol–water partition coefficient (Wildman–Crippen LogP) is 5.50. The maximum Gasteiger partial charge on any atom is 0.408 e. The number of alkyl carbamates (subject to hydrolysis) is 1. The lowest BCUT2D eigenvalue weighted by Gasteiger charge is -2.33. The lowest BCUT2D eigenvalue weighted by Crippen LogP contribution is -2.52. The molecular formula is C32H34N4O4S. The Morgan fingerprint density at radius 2 is 1.73 bits per heavy atom. The van der Waals surface area contributed by atoms with Gasteiger partial charge < -0.3 is 20.3 Å². The first-order valence-corrected chi connectivity index (χ1v) is 14.5.